The van der Waals surface area contributed by atoms with Crippen LogP contribution in [0.4, 0.5) is 17.3 Å². The van der Waals surface area contributed by atoms with E-state index in [1.807, 2.05) is 36.1 Å². The molecule has 1 fully saturated rings. The topological polar surface area (TPSA) is 84.1 Å². The van der Waals surface area contributed by atoms with Crippen LogP contribution < -0.4 is 16.0 Å². The normalized spacial score (nSPS) is 15.7. The molecule has 3 N–H and O–H groups in total. The number of carbonyl (C=O) groups excluding carboxylic acids is 1. The average Bonchev–Trinajstić information content (AvgIpc) is 2.98. The molecule has 0 aliphatic carbocycles. The fraction of sp³-hybridized carbons (Fsp3) is 0.312. The van der Waals surface area contributed by atoms with Crippen molar-refractivity contribution >= 4 is 34.8 Å². The van der Waals surface area contributed by atoms with Gasteiger partial charge in [0.2, 0.25) is 5.91 Å². The van der Waals surface area contributed by atoms with Gasteiger partial charge in [0.15, 0.2) is 5.82 Å². The Labute approximate surface area is 139 Å². The molecule has 1 saturated heterocycles. The molecular formula is C16H18ClN5O. The molecule has 3 rings (SSSR count). The lowest BCUT2D eigenvalue weighted by Crippen LogP contribution is -2.23. The van der Waals surface area contributed by atoms with Crippen LogP contribution in [0.5, 0.6) is 0 Å². The number of nitrogens with two attached hydrogens (primary N) is 1. The minimum atomic E-state index is -0.0422. The number of anilines is 3. The monoisotopic (exact) mass is 331 g/mol. The fourth-order valence-corrected chi connectivity index (χ4v) is 2.81. The Morgan fingerprint density at radius 1 is 1.39 bits per heavy atom. The summed E-state index contributed by atoms with van der Waals surface area (Å²) in [5.41, 5.74) is 7.65. The first kappa shape index (κ1) is 15.6. The molecule has 0 bridgehead atoms. The summed E-state index contributed by atoms with van der Waals surface area (Å²) in [6.07, 6.45) is 2.90. The third-order valence-corrected chi connectivity index (χ3v) is 4.30. The summed E-state index contributed by atoms with van der Waals surface area (Å²) >= 11 is 6.11. The van der Waals surface area contributed by atoms with Gasteiger partial charge in [-0.2, -0.15) is 0 Å². The number of hydrogen-bond donors (Lipinski definition) is 2. The van der Waals surface area contributed by atoms with Crippen molar-refractivity contribution in [1.82, 2.24) is 9.97 Å². The van der Waals surface area contributed by atoms with Crippen molar-refractivity contribution in [3.63, 3.8) is 0 Å². The fourth-order valence-electron chi connectivity index (χ4n) is 2.66. The zero-order valence-corrected chi connectivity index (χ0v) is 13.5. The number of hydrogen-bond acceptors (Lipinski definition) is 5. The molecule has 1 aliphatic heterocycles. The van der Waals surface area contributed by atoms with E-state index in [2.05, 4.69) is 15.3 Å². The second kappa shape index (κ2) is 6.42. The van der Waals surface area contributed by atoms with E-state index in [4.69, 9.17) is 17.3 Å². The molecule has 1 atom stereocenters. The van der Waals surface area contributed by atoms with Gasteiger partial charge < -0.3 is 16.0 Å². The van der Waals surface area contributed by atoms with E-state index < -0.39 is 0 Å². The molecule has 6 nitrogen and oxygen atoms in total. The number of rotatable bonds is 4. The van der Waals surface area contributed by atoms with Gasteiger partial charge in [0.1, 0.15) is 17.2 Å². The number of nitrogen functional groups attached to an aromatic ring is 1. The van der Waals surface area contributed by atoms with Crippen molar-refractivity contribution in [2.24, 2.45) is 0 Å². The van der Waals surface area contributed by atoms with Gasteiger partial charge in [-0.3, -0.25) is 4.79 Å². The number of halogens is 1. The second-order valence-electron chi connectivity index (χ2n) is 5.53. The summed E-state index contributed by atoms with van der Waals surface area (Å²) < 4.78 is 0. The highest BCUT2D eigenvalue weighted by Crippen LogP contribution is 2.29. The van der Waals surface area contributed by atoms with Gasteiger partial charge in [0.25, 0.3) is 0 Å². The molecule has 0 radical (unpaired) electrons. The van der Waals surface area contributed by atoms with Crippen molar-refractivity contribution in [2.45, 2.75) is 25.8 Å². The lowest BCUT2D eigenvalue weighted by Gasteiger charge is -2.20. The summed E-state index contributed by atoms with van der Waals surface area (Å²) in [7, 11) is 0. The van der Waals surface area contributed by atoms with Gasteiger partial charge >= 0.3 is 0 Å². The zero-order valence-electron chi connectivity index (χ0n) is 12.8. The molecule has 1 aromatic heterocycles. The van der Waals surface area contributed by atoms with Crippen LogP contribution in [-0.2, 0) is 4.79 Å². The van der Waals surface area contributed by atoms with E-state index in [0.29, 0.717) is 17.3 Å². The van der Waals surface area contributed by atoms with Crippen LogP contribution >= 0.6 is 11.6 Å². The van der Waals surface area contributed by atoms with Gasteiger partial charge in [0, 0.05) is 18.7 Å². The van der Waals surface area contributed by atoms with Crippen molar-refractivity contribution in [3.05, 3.63) is 41.2 Å². The van der Waals surface area contributed by atoms with E-state index >= 15 is 0 Å². The molecule has 1 aromatic carbocycles. The predicted octanol–water partition coefficient (Wildman–Crippen LogP) is 3.01. The van der Waals surface area contributed by atoms with Crippen molar-refractivity contribution in [2.75, 3.05) is 22.5 Å². The number of aromatic nitrogens is 2. The molecular weight excluding hydrogens is 314 g/mol. The molecule has 7 heteroatoms. The molecule has 2 heterocycles. The lowest BCUT2D eigenvalue weighted by molar-refractivity contribution is -0.117. The van der Waals surface area contributed by atoms with Crippen molar-refractivity contribution in [1.29, 1.82) is 0 Å². The third kappa shape index (κ3) is 3.22. The lowest BCUT2D eigenvalue weighted by atomic mass is 10.1. The summed E-state index contributed by atoms with van der Waals surface area (Å²) in [6, 6.07) is 7.87. The standard InChI is InChI=1S/C16H18ClN5O/c1-10(21-16-14(17)15(18)19-9-20-16)11-4-2-5-12(8-11)22-7-3-6-13(22)23/h2,4-5,8-10H,3,6-7H2,1H3,(H3,18,19,20,21). The van der Waals surface area contributed by atoms with E-state index in [9.17, 15) is 4.79 Å². The van der Waals surface area contributed by atoms with E-state index in [-0.39, 0.29) is 17.8 Å². The Balaban J connectivity index is 1.81. The predicted molar refractivity (Wildman–Crippen MR) is 91.5 cm³/mol. The molecule has 0 spiro atoms. The molecule has 1 unspecified atom stereocenters. The zero-order chi connectivity index (χ0) is 16.4. The van der Waals surface area contributed by atoms with Gasteiger partial charge in [-0.05, 0) is 31.0 Å². The SMILES string of the molecule is CC(Nc1ncnc(N)c1Cl)c1cccc(N2CCCC2=O)c1. The van der Waals surface area contributed by atoms with E-state index in [1.54, 1.807) is 0 Å². The van der Waals surface area contributed by atoms with Crippen LogP contribution in [-0.4, -0.2) is 22.4 Å². The number of carbonyl (C=O) groups is 1. The molecule has 23 heavy (non-hydrogen) atoms. The summed E-state index contributed by atoms with van der Waals surface area (Å²) in [5.74, 6) is 0.913. The van der Waals surface area contributed by atoms with E-state index in [1.165, 1.54) is 6.33 Å². The Morgan fingerprint density at radius 2 is 2.22 bits per heavy atom. The van der Waals surface area contributed by atoms with Crippen LogP contribution in [0.1, 0.15) is 31.4 Å². The van der Waals surface area contributed by atoms with Gasteiger partial charge in [-0.15, -0.1) is 0 Å². The molecule has 120 valence electrons. The molecule has 0 saturated carbocycles. The van der Waals surface area contributed by atoms with Gasteiger partial charge in [-0.25, -0.2) is 9.97 Å². The highest BCUT2D eigenvalue weighted by molar-refractivity contribution is 6.35. The van der Waals surface area contributed by atoms with Crippen LogP contribution in [0.2, 0.25) is 5.02 Å². The van der Waals surface area contributed by atoms with Gasteiger partial charge in [-0.1, -0.05) is 23.7 Å². The molecule has 1 aliphatic rings. The Hall–Kier alpha value is -2.34. The van der Waals surface area contributed by atoms with Crippen molar-refractivity contribution in [3.8, 4) is 0 Å². The smallest absolute Gasteiger partial charge is 0.227 e. The number of nitrogens with zero attached hydrogens (tertiary/aromatic N) is 3. The minimum absolute atomic E-state index is 0.0422. The van der Waals surface area contributed by atoms with Crippen LogP contribution in [0, 0.1) is 0 Å². The van der Waals surface area contributed by atoms with E-state index in [0.717, 1.165) is 24.2 Å². The number of nitrogens with one attached hydrogen (secondary N) is 1. The largest absolute Gasteiger partial charge is 0.382 e. The molecule has 1 amide bonds. The Bertz CT molecular complexity index is 736. The molecule has 2 aromatic rings. The van der Waals surface area contributed by atoms with Crippen LogP contribution in [0.15, 0.2) is 30.6 Å². The maximum absolute atomic E-state index is 11.9. The highest BCUT2D eigenvalue weighted by atomic mass is 35.5. The Morgan fingerprint density at radius 3 is 2.96 bits per heavy atom. The van der Waals surface area contributed by atoms with Crippen LogP contribution in [0.25, 0.3) is 0 Å². The number of benzene rings is 1. The average molecular weight is 332 g/mol. The maximum Gasteiger partial charge on any atom is 0.227 e. The Kier molecular flexibility index (Phi) is 4.34. The van der Waals surface area contributed by atoms with Crippen molar-refractivity contribution < 1.29 is 4.79 Å². The quantitative estimate of drug-likeness (QED) is 0.899. The summed E-state index contributed by atoms with van der Waals surface area (Å²) in [6.45, 7) is 2.78. The van der Waals surface area contributed by atoms with Gasteiger partial charge in [0.05, 0.1) is 6.04 Å². The first-order valence-corrected chi connectivity index (χ1v) is 7.87. The highest BCUT2D eigenvalue weighted by Gasteiger charge is 2.22. The first-order valence-electron chi connectivity index (χ1n) is 7.49. The number of amides is 1. The second-order valence-corrected chi connectivity index (χ2v) is 5.91. The summed E-state index contributed by atoms with van der Waals surface area (Å²) in [4.78, 5) is 21.7. The van der Waals surface area contributed by atoms with Crippen LogP contribution in [0.3, 0.4) is 0 Å². The first-order chi connectivity index (χ1) is 11.1. The third-order valence-electron chi connectivity index (χ3n) is 3.92. The summed E-state index contributed by atoms with van der Waals surface area (Å²) in [5, 5.41) is 3.54. The minimum Gasteiger partial charge on any atom is -0.382 e. The maximum atomic E-state index is 11.9.